The van der Waals surface area contributed by atoms with E-state index in [4.69, 9.17) is 0 Å². The van der Waals surface area contributed by atoms with Crippen molar-refractivity contribution in [1.29, 1.82) is 0 Å². The van der Waals surface area contributed by atoms with Crippen LogP contribution in [0.1, 0.15) is 23.7 Å². The van der Waals surface area contributed by atoms with E-state index in [9.17, 15) is 0 Å². The first kappa shape index (κ1) is 14.1. The number of benzene rings is 1. The Balaban J connectivity index is 1.64. The number of aryl methyl sites for hydroxylation is 1. The smallest absolute Gasteiger partial charge is 0.188 e. The van der Waals surface area contributed by atoms with Crippen LogP contribution < -0.4 is 5.32 Å². The van der Waals surface area contributed by atoms with E-state index in [0.29, 0.717) is 0 Å². The summed E-state index contributed by atoms with van der Waals surface area (Å²) in [5, 5.41) is 14.1. The molecule has 1 unspecified atom stereocenters. The second kappa shape index (κ2) is 6.28. The highest BCUT2D eigenvalue weighted by Gasteiger charge is 2.08. The van der Waals surface area contributed by atoms with Crippen molar-refractivity contribution in [3.63, 3.8) is 0 Å². The number of hydrogen-bond acceptors (Lipinski definition) is 6. The van der Waals surface area contributed by atoms with E-state index in [2.05, 4.69) is 62.1 Å². The maximum atomic E-state index is 4.51. The zero-order valence-corrected chi connectivity index (χ0v) is 13.3. The molecule has 108 valence electrons. The zero-order chi connectivity index (χ0) is 14.7. The summed E-state index contributed by atoms with van der Waals surface area (Å²) in [6.07, 6.45) is 1.51. The lowest BCUT2D eigenvalue weighted by Gasteiger charge is -2.13. The highest BCUT2D eigenvalue weighted by Crippen LogP contribution is 2.26. The second-order valence-electron chi connectivity index (χ2n) is 4.57. The van der Waals surface area contributed by atoms with Crippen LogP contribution in [0.15, 0.2) is 46.0 Å². The summed E-state index contributed by atoms with van der Waals surface area (Å²) in [5.41, 5.74) is 2.16. The van der Waals surface area contributed by atoms with Gasteiger partial charge in [0.15, 0.2) is 5.16 Å². The fraction of sp³-hybridized carbons (Fsp3) is 0.214. The third-order valence-electron chi connectivity index (χ3n) is 2.93. The quantitative estimate of drug-likeness (QED) is 0.747. The first-order chi connectivity index (χ1) is 10.2. The van der Waals surface area contributed by atoms with Crippen molar-refractivity contribution in [1.82, 2.24) is 20.2 Å². The molecule has 0 bridgehead atoms. The number of aromatic nitrogens is 4. The summed E-state index contributed by atoms with van der Waals surface area (Å²) < 4.78 is 0. The number of nitrogens with zero attached hydrogens (tertiary/aromatic N) is 3. The predicted molar refractivity (Wildman–Crippen MR) is 85.8 cm³/mol. The Labute approximate surface area is 131 Å². The Kier molecular flexibility index (Phi) is 4.21. The van der Waals surface area contributed by atoms with Gasteiger partial charge in [0.1, 0.15) is 6.33 Å². The summed E-state index contributed by atoms with van der Waals surface area (Å²) in [6.45, 7) is 4.14. The number of thiazole rings is 1. The van der Waals surface area contributed by atoms with Crippen molar-refractivity contribution in [3.8, 4) is 0 Å². The lowest BCUT2D eigenvalue weighted by atomic mass is 10.2. The lowest BCUT2D eigenvalue weighted by Crippen LogP contribution is -2.06. The Bertz CT molecular complexity index is 690. The van der Waals surface area contributed by atoms with Crippen LogP contribution in [0.2, 0.25) is 0 Å². The molecule has 5 nitrogen and oxygen atoms in total. The average molecular weight is 317 g/mol. The SMILES string of the molecule is Cc1nc(C(C)Nc2ccc(Sc3ncn[nH]3)cc2)cs1. The van der Waals surface area contributed by atoms with Crippen molar-refractivity contribution < 1.29 is 0 Å². The Hall–Kier alpha value is -1.86. The van der Waals surface area contributed by atoms with Crippen molar-refractivity contribution in [2.45, 2.75) is 29.9 Å². The molecule has 0 aliphatic rings. The van der Waals surface area contributed by atoms with E-state index in [1.165, 1.54) is 6.33 Å². The third-order valence-corrected chi connectivity index (χ3v) is 4.62. The van der Waals surface area contributed by atoms with Gasteiger partial charge in [-0.05, 0) is 38.1 Å². The van der Waals surface area contributed by atoms with Gasteiger partial charge in [0, 0.05) is 16.0 Å². The van der Waals surface area contributed by atoms with E-state index >= 15 is 0 Å². The number of aromatic amines is 1. The van der Waals surface area contributed by atoms with Crippen LogP contribution in [0.3, 0.4) is 0 Å². The molecule has 0 fully saturated rings. The fourth-order valence-corrected chi connectivity index (χ4v) is 3.28. The van der Waals surface area contributed by atoms with Gasteiger partial charge in [-0.15, -0.1) is 11.3 Å². The first-order valence-corrected chi connectivity index (χ1v) is 8.22. The minimum absolute atomic E-state index is 0.197. The van der Waals surface area contributed by atoms with Crippen LogP contribution >= 0.6 is 23.1 Å². The summed E-state index contributed by atoms with van der Waals surface area (Å²) in [5.74, 6) is 0. The molecule has 21 heavy (non-hydrogen) atoms. The van der Waals surface area contributed by atoms with Crippen molar-refractivity contribution >= 4 is 28.8 Å². The Morgan fingerprint density at radius 2 is 2.10 bits per heavy atom. The fourth-order valence-electron chi connectivity index (χ4n) is 1.88. The van der Waals surface area contributed by atoms with E-state index < -0.39 is 0 Å². The molecule has 0 radical (unpaired) electrons. The molecule has 0 spiro atoms. The average Bonchev–Trinajstić information content (AvgIpc) is 3.12. The first-order valence-electron chi connectivity index (χ1n) is 6.52. The van der Waals surface area contributed by atoms with Crippen LogP contribution in [0.5, 0.6) is 0 Å². The largest absolute Gasteiger partial charge is 0.377 e. The zero-order valence-electron chi connectivity index (χ0n) is 11.7. The van der Waals surface area contributed by atoms with Gasteiger partial charge in [0.25, 0.3) is 0 Å². The minimum Gasteiger partial charge on any atom is -0.377 e. The summed E-state index contributed by atoms with van der Waals surface area (Å²) in [4.78, 5) is 9.72. The standard InChI is InChI=1S/C14H15N5S2/c1-9(13-7-20-10(2)18-13)17-11-3-5-12(6-4-11)21-14-15-8-16-19-14/h3-9,17H,1-2H3,(H,15,16,19). The molecule has 3 aromatic rings. The highest BCUT2D eigenvalue weighted by atomic mass is 32.2. The molecule has 0 saturated carbocycles. The number of hydrogen-bond donors (Lipinski definition) is 2. The van der Waals surface area contributed by atoms with Crippen LogP contribution in [-0.4, -0.2) is 20.2 Å². The number of anilines is 1. The second-order valence-corrected chi connectivity index (χ2v) is 6.70. The van der Waals surface area contributed by atoms with Gasteiger partial charge in [-0.1, -0.05) is 11.8 Å². The molecule has 1 aromatic carbocycles. The summed E-state index contributed by atoms with van der Waals surface area (Å²) >= 11 is 3.23. The Morgan fingerprint density at radius 1 is 1.29 bits per heavy atom. The lowest BCUT2D eigenvalue weighted by molar-refractivity contribution is 0.845. The molecule has 0 saturated heterocycles. The molecular formula is C14H15N5S2. The van der Waals surface area contributed by atoms with Crippen molar-refractivity contribution in [2.24, 2.45) is 0 Å². The van der Waals surface area contributed by atoms with Gasteiger partial charge in [-0.2, -0.15) is 5.10 Å². The number of rotatable bonds is 5. The maximum absolute atomic E-state index is 4.51. The molecule has 7 heteroatoms. The van der Waals surface area contributed by atoms with Gasteiger partial charge in [-0.25, -0.2) is 9.97 Å². The van der Waals surface area contributed by atoms with Gasteiger partial charge >= 0.3 is 0 Å². The van der Waals surface area contributed by atoms with E-state index in [-0.39, 0.29) is 6.04 Å². The number of nitrogens with one attached hydrogen (secondary N) is 2. The van der Waals surface area contributed by atoms with E-state index in [1.54, 1.807) is 23.1 Å². The van der Waals surface area contributed by atoms with E-state index in [1.807, 2.05) is 6.92 Å². The van der Waals surface area contributed by atoms with Crippen LogP contribution in [0.25, 0.3) is 0 Å². The molecular weight excluding hydrogens is 302 g/mol. The van der Waals surface area contributed by atoms with Gasteiger partial charge in [0.05, 0.1) is 16.7 Å². The predicted octanol–water partition coefficient (Wildman–Crippen LogP) is 3.89. The minimum atomic E-state index is 0.197. The molecule has 0 aliphatic carbocycles. The topological polar surface area (TPSA) is 66.5 Å². The maximum Gasteiger partial charge on any atom is 0.188 e. The van der Waals surface area contributed by atoms with E-state index in [0.717, 1.165) is 26.4 Å². The number of H-pyrrole nitrogens is 1. The van der Waals surface area contributed by atoms with Gasteiger partial charge in [-0.3, -0.25) is 5.10 Å². The van der Waals surface area contributed by atoms with Crippen molar-refractivity contribution in [2.75, 3.05) is 5.32 Å². The van der Waals surface area contributed by atoms with Crippen LogP contribution in [0.4, 0.5) is 5.69 Å². The summed E-state index contributed by atoms with van der Waals surface area (Å²) in [7, 11) is 0. The molecule has 2 aromatic heterocycles. The van der Waals surface area contributed by atoms with Crippen LogP contribution in [0, 0.1) is 6.92 Å². The third kappa shape index (κ3) is 3.62. The molecule has 2 heterocycles. The van der Waals surface area contributed by atoms with Gasteiger partial charge < -0.3 is 5.32 Å². The van der Waals surface area contributed by atoms with Crippen molar-refractivity contribution in [3.05, 3.63) is 46.7 Å². The molecule has 0 amide bonds. The summed E-state index contributed by atoms with van der Waals surface area (Å²) in [6, 6.07) is 8.45. The molecule has 3 rings (SSSR count). The molecule has 1 atom stereocenters. The monoisotopic (exact) mass is 317 g/mol. The van der Waals surface area contributed by atoms with Gasteiger partial charge in [0.2, 0.25) is 0 Å². The highest BCUT2D eigenvalue weighted by molar-refractivity contribution is 7.99. The van der Waals surface area contributed by atoms with Crippen LogP contribution in [-0.2, 0) is 0 Å². The Morgan fingerprint density at radius 3 is 2.71 bits per heavy atom. The molecule has 2 N–H and O–H groups in total. The molecule has 0 aliphatic heterocycles. The normalized spacial score (nSPS) is 12.3.